The zero-order valence-corrected chi connectivity index (χ0v) is 11.4. The molecular weight excluding hydrogens is 206 g/mol. The van der Waals surface area contributed by atoms with Crippen molar-refractivity contribution in [1.29, 1.82) is 0 Å². The van der Waals surface area contributed by atoms with Gasteiger partial charge in [0.15, 0.2) is 5.11 Å². The highest BCUT2D eigenvalue weighted by Crippen LogP contribution is 2.05. The van der Waals surface area contributed by atoms with E-state index in [1.54, 1.807) is 0 Å². The van der Waals surface area contributed by atoms with Crippen molar-refractivity contribution >= 4 is 17.3 Å². The van der Waals surface area contributed by atoms with Crippen molar-refractivity contribution in [3.8, 4) is 0 Å². The first kappa shape index (κ1) is 14.6. The van der Waals surface area contributed by atoms with Crippen LogP contribution in [0.25, 0.3) is 0 Å². The van der Waals surface area contributed by atoms with E-state index in [1.807, 2.05) is 0 Å². The van der Waals surface area contributed by atoms with Crippen LogP contribution in [0.2, 0.25) is 0 Å². The van der Waals surface area contributed by atoms with Crippen LogP contribution >= 0.6 is 12.2 Å². The van der Waals surface area contributed by atoms with Gasteiger partial charge < -0.3 is 15.5 Å². The van der Waals surface area contributed by atoms with Crippen molar-refractivity contribution in [2.24, 2.45) is 5.92 Å². The first-order valence-electron chi connectivity index (χ1n) is 5.64. The summed E-state index contributed by atoms with van der Waals surface area (Å²) < 4.78 is 0. The van der Waals surface area contributed by atoms with Crippen molar-refractivity contribution in [1.82, 2.24) is 15.5 Å². The number of hydrogen-bond acceptors (Lipinski definition) is 2. The number of hydrogen-bond donors (Lipinski definition) is 2. The van der Waals surface area contributed by atoms with Gasteiger partial charge in [-0.05, 0) is 45.6 Å². The Bertz CT molecular complexity index is 171. The van der Waals surface area contributed by atoms with Crippen molar-refractivity contribution in [3.63, 3.8) is 0 Å². The van der Waals surface area contributed by atoms with Crippen molar-refractivity contribution in [2.75, 3.05) is 27.2 Å². The highest BCUT2D eigenvalue weighted by atomic mass is 32.1. The smallest absolute Gasteiger partial charge is 0.166 e. The van der Waals surface area contributed by atoms with Gasteiger partial charge in [0.05, 0.1) is 0 Å². The molecule has 2 N–H and O–H groups in total. The molecule has 90 valence electrons. The Labute approximate surface area is 99.6 Å². The lowest BCUT2D eigenvalue weighted by atomic mass is 10.0. The van der Waals surface area contributed by atoms with Crippen molar-refractivity contribution < 1.29 is 0 Å². The van der Waals surface area contributed by atoms with Gasteiger partial charge in [-0.25, -0.2) is 0 Å². The van der Waals surface area contributed by atoms with E-state index in [1.165, 1.54) is 0 Å². The van der Waals surface area contributed by atoms with Crippen molar-refractivity contribution in [2.45, 2.75) is 33.2 Å². The van der Waals surface area contributed by atoms with E-state index < -0.39 is 0 Å². The predicted molar refractivity (Wildman–Crippen MR) is 71.2 cm³/mol. The quantitative estimate of drug-likeness (QED) is 0.677. The topological polar surface area (TPSA) is 27.3 Å². The fraction of sp³-hybridized carbons (Fsp3) is 0.909. The van der Waals surface area contributed by atoms with E-state index in [-0.39, 0.29) is 0 Å². The maximum atomic E-state index is 5.19. The molecular formula is C11H25N3S. The molecule has 0 aromatic heterocycles. The number of likely N-dealkylation sites (N-methyl/N-ethyl adjacent to an activating group) is 1. The molecule has 0 spiro atoms. The Morgan fingerprint density at radius 2 is 1.93 bits per heavy atom. The van der Waals surface area contributed by atoms with Gasteiger partial charge in [0.2, 0.25) is 0 Å². The molecule has 4 heteroatoms. The number of thiocarbonyl (C=S) groups is 1. The number of nitrogens with one attached hydrogen (secondary N) is 2. The lowest BCUT2D eigenvalue weighted by Crippen LogP contribution is -2.46. The Morgan fingerprint density at radius 1 is 1.33 bits per heavy atom. The van der Waals surface area contributed by atoms with Crippen LogP contribution in [0.5, 0.6) is 0 Å². The third-order valence-electron chi connectivity index (χ3n) is 2.01. The predicted octanol–water partition coefficient (Wildman–Crippen LogP) is 1.45. The molecule has 0 heterocycles. The first-order chi connectivity index (χ1) is 6.95. The Morgan fingerprint density at radius 3 is 2.33 bits per heavy atom. The second kappa shape index (κ2) is 7.88. The lowest BCUT2D eigenvalue weighted by molar-refractivity contribution is 0.327. The fourth-order valence-corrected chi connectivity index (χ4v) is 1.90. The van der Waals surface area contributed by atoms with E-state index in [2.05, 4.69) is 50.4 Å². The molecule has 0 saturated carbocycles. The molecule has 15 heavy (non-hydrogen) atoms. The van der Waals surface area contributed by atoms with E-state index in [4.69, 9.17) is 12.2 Å². The van der Waals surface area contributed by atoms with Crippen LogP contribution in [0.3, 0.4) is 0 Å². The minimum Gasteiger partial charge on any atom is -0.363 e. The van der Waals surface area contributed by atoms with E-state index in [9.17, 15) is 0 Å². The normalized spacial score (nSPS) is 13.0. The summed E-state index contributed by atoms with van der Waals surface area (Å²) in [6.45, 7) is 8.42. The van der Waals surface area contributed by atoms with Gasteiger partial charge in [-0.3, -0.25) is 0 Å². The molecule has 0 rings (SSSR count). The van der Waals surface area contributed by atoms with Gasteiger partial charge in [-0.1, -0.05) is 13.8 Å². The minimum absolute atomic E-state index is 0.437. The third kappa shape index (κ3) is 8.63. The molecule has 0 aliphatic rings. The van der Waals surface area contributed by atoms with E-state index in [0.29, 0.717) is 12.0 Å². The summed E-state index contributed by atoms with van der Waals surface area (Å²) in [5.41, 5.74) is 0. The van der Waals surface area contributed by atoms with E-state index in [0.717, 1.165) is 24.6 Å². The molecule has 0 aliphatic carbocycles. The lowest BCUT2D eigenvalue weighted by Gasteiger charge is -2.25. The summed E-state index contributed by atoms with van der Waals surface area (Å²) in [6.07, 6.45) is 1.14. The van der Waals surface area contributed by atoms with Gasteiger partial charge in [-0.2, -0.15) is 0 Å². The largest absolute Gasteiger partial charge is 0.363 e. The monoisotopic (exact) mass is 231 g/mol. The van der Waals surface area contributed by atoms with Crippen LogP contribution in [0, 0.1) is 5.92 Å². The summed E-state index contributed by atoms with van der Waals surface area (Å²) in [4.78, 5) is 2.19. The summed E-state index contributed by atoms with van der Waals surface area (Å²) in [7, 11) is 4.18. The van der Waals surface area contributed by atoms with E-state index >= 15 is 0 Å². The standard InChI is InChI=1S/C11H25N3S/c1-6-12-11(15)13-10(7-9(2)3)8-14(4)5/h9-10H,6-8H2,1-5H3,(H2,12,13,15). The van der Waals surface area contributed by atoms with Gasteiger partial charge in [0.1, 0.15) is 0 Å². The Balaban J connectivity index is 4.05. The molecule has 0 saturated heterocycles. The maximum absolute atomic E-state index is 5.19. The molecule has 3 nitrogen and oxygen atoms in total. The molecule has 0 amide bonds. The SMILES string of the molecule is CCNC(=S)NC(CC(C)C)CN(C)C. The Kier molecular flexibility index (Phi) is 7.70. The highest BCUT2D eigenvalue weighted by molar-refractivity contribution is 7.80. The van der Waals surface area contributed by atoms with Crippen LogP contribution in [-0.4, -0.2) is 43.2 Å². The average molecular weight is 231 g/mol. The fourth-order valence-electron chi connectivity index (χ4n) is 1.59. The third-order valence-corrected chi connectivity index (χ3v) is 2.28. The van der Waals surface area contributed by atoms with Crippen LogP contribution in [0.15, 0.2) is 0 Å². The average Bonchev–Trinajstić information content (AvgIpc) is 2.00. The number of nitrogens with zero attached hydrogens (tertiary/aromatic N) is 1. The number of rotatable bonds is 6. The summed E-state index contributed by atoms with van der Waals surface area (Å²) >= 11 is 5.19. The molecule has 1 unspecified atom stereocenters. The van der Waals surface area contributed by atoms with Gasteiger partial charge in [0.25, 0.3) is 0 Å². The molecule has 0 aliphatic heterocycles. The summed E-state index contributed by atoms with van der Waals surface area (Å²) in [5.74, 6) is 0.687. The molecule has 0 fully saturated rings. The first-order valence-corrected chi connectivity index (χ1v) is 6.05. The van der Waals surface area contributed by atoms with Crippen LogP contribution in [0.4, 0.5) is 0 Å². The van der Waals surface area contributed by atoms with Crippen LogP contribution < -0.4 is 10.6 Å². The zero-order valence-electron chi connectivity index (χ0n) is 10.6. The van der Waals surface area contributed by atoms with Crippen LogP contribution in [-0.2, 0) is 0 Å². The molecule has 0 bridgehead atoms. The van der Waals surface area contributed by atoms with Crippen LogP contribution in [0.1, 0.15) is 27.2 Å². The molecule has 1 atom stereocenters. The maximum Gasteiger partial charge on any atom is 0.166 e. The second-order valence-corrected chi connectivity index (χ2v) is 5.00. The summed E-state index contributed by atoms with van der Waals surface area (Å²) in [5, 5.41) is 7.25. The molecule has 0 aromatic rings. The molecule has 0 aromatic carbocycles. The second-order valence-electron chi connectivity index (χ2n) is 4.59. The van der Waals surface area contributed by atoms with Gasteiger partial charge >= 0.3 is 0 Å². The van der Waals surface area contributed by atoms with Gasteiger partial charge in [0, 0.05) is 19.1 Å². The van der Waals surface area contributed by atoms with Crippen molar-refractivity contribution in [3.05, 3.63) is 0 Å². The Hall–Kier alpha value is -0.350. The van der Waals surface area contributed by atoms with Gasteiger partial charge in [-0.15, -0.1) is 0 Å². The molecule has 0 radical (unpaired) electrons. The summed E-state index contributed by atoms with van der Waals surface area (Å²) in [6, 6.07) is 0.437. The zero-order chi connectivity index (χ0) is 11.8. The minimum atomic E-state index is 0.437. The highest BCUT2D eigenvalue weighted by Gasteiger charge is 2.12.